The van der Waals surface area contributed by atoms with E-state index >= 15 is 0 Å². The van der Waals surface area contributed by atoms with Crippen molar-refractivity contribution in [3.8, 4) is 0 Å². The van der Waals surface area contributed by atoms with Crippen LogP contribution in [0.1, 0.15) is 27.2 Å². The van der Waals surface area contributed by atoms with Crippen molar-refractivity contribution in [3.05, 3.63) is 0 Å². The van der Waals surface area contributed by atoms with Crippen molar-refractivity contribution in [3.63, 3.8) is 0 Å². The lowest BCUT2D eigenvalue weighted by atomic mass is 10.1. The largest absolute Gasteiger partial charge is 0.383 e. The number of nitrogens with zero attached hydrogens (tertiary/aromatic N) is 1. The first kappa shape index (κ1) is 14.4. The maximum atomic E-state index is 5.12. The molecule has 0 aromatic rings. The average molecular weight is 266 g/mol. The smallest absolute Gasteiger partial charge is 0.0589 e. The summed E-state index contributed by atoms with van der Waals surface area (Å²) in [5, 5.41) is 1.10. The molecule has 0 aromatic carbocycles. The number of alkyl halides is 1. The minimum atomic E-state index is 0.609. The summed E-state index contributed by atoms with van der Waals surface area (Å²) in [4.78, 5) is 2.49. The van der Waals surface area contributed by atoms with Gasteiger partial charge in [-0.3, -0.25) is 4.90 Å². The van der Waals surface area contributed by atoms with E-state index in [1.54, 1.807) is 7.11 Å². The van der Waals surface area contributed by atoms with Crippen LogP contribution in [0.4, 0.5) is 0 Å². The minimum absolute atomic E-state index is 0.609. The Hall–Kier alpha value is 0.400. The Labute approximate surface area is 97.1 Å². The van der Waals surface area contributed by atoms with Gasteiger partial charge >= 0.3 is 0 Å². The van der Waals surface area contributed by atoms with Crippen LogP contribution in [0, 0.1) is 5.92 Å². The van der Waals surface area contributed by atoms with E-state index in [1.165, 1.54) is 13.0 Å². The number of hydrogen-bond acceptors (Lipinski definition) is 2. The van der Waals surface area contributed by atoms with Crippen molar-refractivity contribution >= 4 is 15.9 Å². The van der Waals surface area contributed by atoms with Crippen molar-refractivity contribution in [2.45, 2.75) is 33.2 Å². The second kappa shape index (κ2) is 8.69. The predicted molar refractivity (Wildman–Crippen MR) is 66.2 cm³/mol. The maximum Gasteiger partial charge on any atom is 0.0589 e. The first-order valence-corrected chi connectivity index (χ1v) is 6.56. The van der Waals surface area contributed by atoms with E-state index in [4.69, 9.17) is 4.74 Å². The third-order valence-electron chi connectivity index (χ3n) is 2.60. The fourth-order valence-corrected chi connectivity index (χ4v) is 2.05. The van der Waals surface area contributed by atoms with Crippen LogP contribution in [0.2, 0.25) is 0 Å². The number of hydrogen-bond donors (Lipinski definition) is 0. The number of methoxy groups -OCH3 is 1. The summed E-state index contributed by atoms with van der Waals surface area (Å²) in [5.74, 6) is 0.759. The summed E-state index contributed by atoms with van der Waals surface area (Å²) in [6, 6.07) is 0.609. The maximum absolute atomic E-state index is 5.12. The van der Waals surface area contributed by atoms with Crippen LogP contribution in [0.3, 0.4) is 0 Å². The Bertz CT molecular complexity index is 126. The summed E-state index contributed by atoms with van der Waals surface area (Å²) in [6.45, 7) is 9.78. The molecule has 1 atom stereocenters. The zero-order valence-corrected chi connectivity index (χ0v) is 11.5. The molecule has 0 saturated heterocycles. The molecule has 0 aliphatic heterocycles. The van der Waals surface area contributed by atoms with Crippen molar-refractivity contribution in [1.82, 2.24) is 4.90 Å². The first-order chi connectivity index (χ1) is 6.65. The van der Waals surface area contributed by atoms with Crippen LogP contribution in [0.25, 0.3) is 0 Å². The van der Waals surface area contributed by atoms with E-state index < -0.39 is 0 Å². The molecule has 0 rings (SSSR count). The highest BCUT2D eigenvalue weighted by molar-refractivity contribution is 9.09. The van der Waals surface area contributed by atoms with Crippen molar-refractivity contribution in [2.24, 2.45) is 5.92 Å². The molecule has 0 radical (unpaired) electrons. The van der Waals surface area contributed by atoms with Crippen LogP contribution in [0.15, 0.2) is 0 Å². The molecule has 0 saturated carbocycles. The summed E-state index contributed by atoms with van der Waals surface area (Å²) in [6.07, 6.45) is 1.24. The lowest BCUT2D eigenvalue weighted by Gasteiger charge is -2.29. The number of ether oxygens (including phenoxy) is 1. The molecule has 2 nitrogen and oxygen atoms in total. The highest BCUT2D eigenvalue weighted by atomic mass is 79.9. The lowest BCUT2D eigenvalue weighted by Crippen LogP contribution is -2.38. The van der Waals surface area contributed by atoms with Crippen molar-refractivity contribution in [1.29, 1.82) is 0 Å². The summed E-state index contributed by atoms with van der Waals surface area (Å²) in [7, 11) is 1.76. The molecular formula is C11H24BrNO. The Morgan fingerprint density at radius 3 is 2.36 bits per heavy atom. The molecule has 0 spiro atoms. The second-order valence-corrected chi connectivity index (χ2v) is 4.66. The molecule has 0 heterocycles. The fourth-order valence-electron chi connectivity index (χ4n) is 1.39. The molecule has 0 aliphatic rings. The number of rotatable bonds is 8. The molecule has 0 aromatic heterocycles. The van der Waals surface area contributed by atoms with E-state index in [2.05, 4.69) is 41.6 Å². The summed E-state index contributed by atoms with van der Waals surface area (Å²) < 4.78 is 5.12. The standard InChI is InChI=1S/C11H24BrNO/c1-5-11(8-12)9-13(10(2)3)6-7-14-4/h10-11H,5-9H2,1-4H3. The van der Waals surface area contributed by atoms with E-state index in [1.807, 2.05) is 0 Å². The van der Waals surface area contributed by atoms with Gasteiger partial charge in [0, 0.05) is 31.6 Å². The first-order valence-electron chi connectivity index (χ1n) is 5.44. The lowest BCUT2D eigenvalue weighted by molar-refractivity contribution is 0.119. The van der Waals surface area contributed by atoms with Crippen LogP contribution in [0.5, 0.6) is 0 Å². The molecule has 86 valence electrons. The van der Waals surface area contributed by atoms with E-state index in [0.29, 0.717) is 6.04 Å². The van der Waals surface area contributed by atoms with Gasteiger partial charge in [0.05, 0.1) is 6.61 Å². The van der Waals surface area contributed by atoms with Crippen LogP contribution < -0.4 is 0 Å². The predicted octanol–water partition coefficient (Wildman–Crippen LogP) is 2.76. The molecule has 0 fully saturated rings. The topological polar surface area (TPSA) is 12.5 Å². The zero-order valence-electron chi connectivity index (χ0n) is 9.92. The average Bonchev–Trinajstić information content (AvgIpc) is 2.18. The summed E-state index contributed by atoms with van der Waals surface area (Å²) in [5.41, 5.74) is 0. The van der Waals surface area contributed by atoms with Gasteiger partial charge in [0.15, 0.2) is 0 Å². The molecule has 14 heavy (non-hydrogen) atoms. The molecular weight excluding hydrogens is 242 g/mol. The minimum Gasteiger partial charge on any atom is -0.383 e. The SMILES string of the molecule is CCC(CBr)CN(CCOC)C(C)C. The normalized spacial score (nSPS) is 13.9. The Morgan fingerprint density at radius 2 is 2.00 bits per heavy atom. The van der Waals surface area contributed by atoms with Crippen molar-refractivity contribution in [2.75, 3.05) is 32.1 Å². The van der Waals surface area contributed by atoms with E-state index in [-0.39, 0.29) is 0 Å². The van der Waals surface area contributed by atoms with Crippen LogP contribution in [-0.4, -0.2) is 43.1 Å². The van der Waals surface area contributed by atoms with Gasteiger partial charge in [0.25, 0.3) is 0 Å². The molecule has 3 heteroatoms. The fraction of sp³-hybridized carbons (Fsp3) is 1.00. The van der Waals surface area contributed by atoms with Crippen LogP contribution in [-0.2, 0) is 4.74 Å². The van der Waals surface area contributed by atoms with E-state index in [9.17, 15) is 0 Å². The Balaban J connectivity index is 3.93. The third-order valence-corrected chi connectivity index (χ3v) is 3.52. The van der Waals surface area contributed by atoms with Gasteiger partial charge in [-0.1, -0.05) is 29.3 Å². The van der Waals surface area contributed by atoms with E-state index in [0.717, 1.165) is 24.4 Å². The Kier molecular flexibility index (Phi) is 8.94. The van der Waals surface area contributed by atoms with Gasteiger partial charge in [0.1, 0.15) is 0 Å². The van der Waals surface area contributed by atoms with Crippen LogP contribution >= 0.6 is 15.9 Å². The summed E-state index contributed by atoms with van der Waals surface area (Å²) >= 11 is 3.56. The molecule has 0 aliphatic carbocycles. The Morgan fingerprint density at radius 1 is 1.36 bits per heavy atom. The van der Waals surface area contributed by atoms with Gasteiger partial charge in [-0.15, -0.1) is 0 Å². The van der Waals surface area contributed by atoms with Crippen molar-refractivity contribution < 1.29 is 4.74 Å². The van der Waals surface area contributed by atoms with Gasteiger partial charge < -0.3 is 4.74 Å². The van der Waals surface area contributed by atoms with Gasteiger partial charge in [-0.2, -0.15) is 0 Å². The number of halogens is 1. The second-order valence-electron chi connectivity index (χ2n) is 4.01. The van der Waals surface area contributed by atoms with Gasteiger partial charge in [0.2, 0.25) is 0 Å². The molecule has 1 unspecified atom stereocenters. The monoisotopic (exact) mass is 265 g/mol. The quantitative estimate of drug-likeness (QED) is 0.626. The van der Waals surface area contributed by atoms with Gasteiger partial charge in [-0.05, 0) is 19.8 Å². The third kappa shape index (κ3) is 5.99. The molecule has 0 amide bonds. The highest BCUT2D eigenvalue weighted by Gasteiger charge is 2.14. The van der Waals surface area contributed by atoms with Gasteiger partial charge in [-0.25, -0.2) is 0 Å². The molecule has 0 N–H and O–H groups in total. The zero-order chi connectivity index (χ0) is 11.0. The molecule has 0 bridgehead atoms. The highest BCUT2D eigenvalue weighted by Crippen LogP contribution is 2.11.